The van der Waals surface area contributed by atoms with Gasteiger partial charge in [0.1, 0.15) is 0 Å². The molecule has 4 rings (SSSR count). The highest BCUT2D eigenvalue weighted by Gasteiger charge is 2.21. The zero-order valence-electron chi connectivity index (χ0n) is 18.0. The zero-order valence-corrected chi connectivity index (χ0v) is 18.8. The lowest BCUT2D eigenvalue weighted by Gasteiger charge is -2.34. The number of aromatic nitrogens is 2. The molecule has 7 heteroatoms. The average molecular weight is 438 g/mol. The summed E-state index contributed by atoms with van der Waals surface area (Å²) in [5.74, 6) is 0.00460. The minimum Gasteiger partial charge on any atom is -0.322 e. The first-order valence-electron chi connectivity index (χ1n) is 10.6. The van der Waals surface area contributed by atoms with Gasteiger partial charge < -0.3 is 5.32 Å². The molecule has 31 heavy (non-hydrogen) atoms. The minimum atomic E-state index is 0.00460. The maximum absolute atomic E-state index is 12.7. The Balaban J connectivity index is 1.30. The Labute approximate surface area is 188 Å². The van der Waals surface area contributed by atoms with Gasteiger partial charge in [-0.1, -0.05) is 41.9 Å². The number of rotatable bonds is 6. The van der Waals surface area contributed by atoms with Crippen molar-refractivity contribution in [3.05, 3.63) is 76.6 Å². The van der Waals surface area contributed by atoms with Crippen molar-refractivity contribution in [2.24, 2.45) is 0 Å². The predicted octanol–water partition coefficient (Wildman–Crippen LogP) is 3.90. The normalized spacial score (nSPS) is 15.2. The number of hydrogen-bond donors (Lipinski definition) is 1. The van der Waals surface area contributed by atoms with Crippen LogP contribution in [0.15, 0.2) is 54.6 Å². The number of amides is 1. The maximum Gasteiger partial charge on any atom is 0.238 e. The summed E-state index contributed by atoms with van der Waals surface area (Å²) in [6, 6.07) is 18.0. The topological polar surface area (TPSA) is 53.4 Å². The number of hydrogen-bond acceptors (Lipinski definition) is 4. The van der Waals surface area contributed by atoms with Crippen LogP contribution in [0.3, 0.4) is 0 Å². The van der Waals surface area contributed by atoms with Crippen LogP contribution in [0.5, 0.6) is 0 Å². The standard InChI is InChI=1S/C24H28ClN5O/c1-18-24(19(2)30(27-18)22-6-4-3-5-7-22)26-23(31)17-29-14-12-28(13-15-29)16-20-8-10-21(25)11-9-20/h3-11H,12-17H2,1-2H3,(H,26,31). The first-order valence-corrected chi connectivity index (χ1v) is 11.0. The highest BCUT2D eigenvalue weighted by atomic mass is 35.5. The number of halogens is 1. The molecule has 1 aliphatic heterocycles. The molecule has 0 bridgehead atoms. The number of para-hydroxylation sites is 1. The predicted molar refractivity (Wildman–Crippen MR) is 125 cm³/mol. The molecule has 3 aromatic rings. The van der Waals surface area contributed by atoms with E-state index >= 15 is 0 Å². The molecule has 1 aliphatic rings. The lowest BCUT2D eigenvalue weighted by Crippen LogP contribution is -2.48. The molecule has 1 amide bonds. The van der Waals surface area contributed by atoms with Gasteiger partial charge in [-0.15, -0.1) is 0 Å². The van der Waals surface area contributed by atoms with Crippen molar-refractivity contribution >= 4 is 23.2 Å². The van der Waals surface area contributed by atoms with Crippen molar-refractivity contribution in [1.29, 1.82) is 0 Å². The van der Waals surface area contributed by atoms with E-state index in [9.17, 15) is 4.79 Å². The average Bonchev–Trinajstić information content (AvgIpc) is 3.05. The monoisotopic (exact) mass is 437 g/mol. The van der Waals surface area contributed by atoms with Crippen molar-refractivity contribution in [3.63, 3.8) is 0 Å². The third-order valence-corrected chi connectivity index (χ3v) is 5.96. The van der Waals surface area contributed by atoms with Crippen LogP contribution in [0.25, 0.3) is 5.69 Å². The van der Waals surface area contributed by atoms with Gasteiger partial charge in [-0.3, -0.25) is 14.6 Å². The largest absolute Gasteiger partial charge is 0.322 e. The summed E-state index contributed by atoms with van der Waals surface area (Å²) in [7, 11) is 0. The van der Waals surface area contributed by atoms with Crippen LogP contribution in [0.2, 0.25) is 5.02 Å². The van der Waals surface area contributed by atoms with Crippen molar-refractivity contribution in [2.45, 2.75) is 20.4 Å². The fourth-order valence-electron chi connectivity index (χ4n) is 3.98. The molecule has 162 valence electrons. The fourth-order valence-corrected chi connectivity index (χ4v) is 4.11. The molecule has 2 heterocycles. The number of aryl methyl sites for hydroxylation is 1. The highest BCUT2D eigenvalue weighted by molar-refractivity contribution is 6.30. The maximum atomic E-state index is 12.7. The second-order valence-electron chi connectivity index (χ2n) is 8.02. The van der Waals surface area contributed by atoms with Crippen molar-refractivity contribution in [3.8, 4) is 5.69 Å². The second kappa shape index (κ2) is 9.64. The highest BCUT2D eigenvalue weighted by Crippen LogP contribution is 2.22. The zero-order chi connectivity index (χ0) is 21.8. The van der Waals surface area contributed by atoms with E-state index in [0.29, 0.717) is 6.54 Å². The van der Waals surface area contributed by atoms with Crippen LogP contribution in [-0.2, 0) is 11.3 Å². The van der Waals surface area contributed by atoms with Gasteiger partial charge in [-0.25, -0.2) is 4.68 Å². The molecule has 0 spiro atoms. The van der Waals surface area contributed by atoms with Gasteiger partial charge in [0.2, 0.25) is 5.91 Å². The van der Waals surface area contributed by atoms with E-state index in [4.69, 9.17) is 11.6 Å². The van der Waals surface area contributed by atoms with Crippen LogP contribution in [-0.4, -0.2) is 58.2 Å². The van der Waals surface area contributed by atoms with Crippen LogP contribution in [0.4, 0.5) is 5.69 Å². The third-order valence-electron chi connectivity index (χ3n) is 5.71. The van der Waals surface area contributed by atoms with Gasteiger partial charge in [0.05, 0.1) is 29.3 Å². The molecular weight excluding hydrogens is 410 g/mol. The number of piperazine rings is 1. The summed E-state index contributed by atoms with van der Waals surface area (Å²) < 4.78 is 1.88. The van der Waals surface area contributed by atoms with E-state index in [-0.39, 0.29) is 5.91 Å². The fraction of sp³-hybridized carbons (Fsp3) is 0.333. The molecule has 2 aromatic carbocycles. The number of benzene rings is 2. The van der Waals surface area contributed by atoms with Crippen molar-refractivity contribution < 1.29 is 4.79 Å². The molecule has 1 N–H and O–H groups in total. The summed E-state index contributed by atoms with van der Waals surface area (Å²) in [6.45, 7) is 8.86. The Morgan fingerprint density at radius 1 is 0.968 bits per heavy atom. The molecule has 1 aromatic heterocycles. The van der Waals surface area contributed by atoms with Gasteiger partial charge in [0.25, 0.3) is 0 Å². The van der Waals surface area contributed by atoms with Gasteiger partial charge in [0.15, 0.2) is 0 Å². The van der Waals surface area contributed by atoms with E-state index in [1.54, 1.807) is 0 Å². The summed E-state index contributed by atoms with van der Waals surface area (Å²) in [6.07, 6.45) is 0. The number of anilines is 1. The lowest BCUT2D eigenvalue weighted by molar-refractivity contribution is -0.117. The van der Waals surface area contributed by atoms with Gasteiger partial charge in [-0.2, -0.15) is 5.10 Å². The van der Waals surface area contributed by atoms with E-state index in [2.05, 4.69) is 32.3 Å². The van der Waals surface area contributed by atoms with Crippen LogP contribution in [0, 0.1) is 13.8 Å². The SMILES string of the molecule is Cc1nn(-c2ccccc2)c(C)c1NC(=O)CN1CCN(Cc2ccc(Cl)cc2)CC1. The third kappa shape index (κ3) is 5.34. The minimum absolute atomic E-state index is 0.00460. The van der Waals surface area contributed by atoms with E-state index < -0.39 is 0 Å². The molecule has 0 unspecified atom stereocenters. The molecule has 0 atom stereocenters. The summed E-state index contributed by atoms with van der Waals surface area (Å²) in [5.41, 5.74) is 4.81. The molecule has 1 saturated heterocycles. The smallest absolute Gasteiger partial charge is 0.238 e. The number of nitrogens with one attached hydrogen (secondary N) is 1. The Morgan fingerprint density at radius 2 is 1.61 bits per heavy atom. The summed E-state index contributed by atoms with van der Waals surface area (Å²) in [5, 5.41) is 8.45. The van der Waals surface area contributed by atoms with Crippen LogP contribution in [0.1, 0.15) is 17.0 Å². The van der Waals surface area contributed by atoms with Gasteiger partial charge in [0, 0.05) is 37.7 Å². The number of nitrogens with zero attached hydrogens (tertiary/aromatic N) is 4. The summed E-state index contributed by atoms with van der Waals surface area (Å²) in [4.78, 5) is 17.3. The second-order valence-corrected chi connectivity index (χ2v) is 8.46. The molecule has 6 nitrogen and oxygen atoms in total. The Hall–Kier alpha value is -2.67. The van der Waals surface area contributed by atoms with E-state index in [1.807, 2.05) is 61.0 Å². The molecular formula is C24H28ClN5O. The number of carbonyl (C=O) groups excluding carboxylic acids is 1. The molecule has 0 aliphatic carbocycles. The first kappa shape index (κ1) is 21.6. The quantitative estimate of drug-likeness (QED) is 0.635. The van der Waals surface area contributed by atoms with Crippen LogP contribution < -0.4 is 5.32 Å². The molecule has 1 fully saturated rings. The Bertz CT molecular complexity index is 1020. The van der Waals surface area contributed by atoms with Crippen molar-refractivity contribution in [2.75, 3.05) is 38.0 Å². The lowest BCUT2D eigenvalue weighted by atomic mass is 10.2. The van der Waals surface area contributed by atoms with E-state index in [1.165, 1.54) is 5.56 Å². The van der Waals surface area contributed by atoms with Gasteiger partial charge >= 0.3 is 0 Å². The Kier molecular flexibility index (Phi) is 6.70. The van der Waals surface area contributed by atoms with Gasteiger partial charge in [-0.05, 0) is 43.7 Å². The van der Waals surface area contributed by atoms with Crippen LogP contribution >= 0.6 is 11.6 Å². The van der Waals surface area contributed by atoms with E-state index in [0.717, 1.165) is 60.5 Å². The Morgan fingerprint density at radius 3 is 2.29 bits per heavy atom. The molecule has 0 saturated carbocycles. The number of carbonyl (C=O) groups is 1. The molecule has 0 radical (unpaired) electrons. The van der Waals surface area contributed by atoms with Crippen molar-refractivity contribution in [1.82, 2.24) is 19.6 Å². The first-order chi connectivity index (χ1) is 15.0. The summed E-state index contributed by atoms with van der Waals surface area (Å²) >= 11 is 5.97.